The van der Waals surface area contributed by atoms with E-state index in [2.05, 4.69) is 31.3 Å². The summed E-state index contributed by atoms with van der Waals surface area (Å²) in [5.74, 6) is 0.804. The average molecular weight is 286 g/mol. The van der Waals surface area contributed by atoms with Crippen LogP contribution in [0.5, 0.6) is 5.75 Å². The van der Waals surface area contributed by atoms with Gasteiger partial charge in [-0.25, -0.2) is 0 Å². The first-order valence-electron chi connectivity index (χ1n) is 7.21. The lowest BCUT2D eigenvalue weighted by Crippen LogP contribution is -2.20. The Morgan fingerprint density at radius 3 is 2.76 bits per heavy atom. The zero-order valence-electron chi connectivity index (χ0n) is 12.8. The van der Waals surface area contributed by atoms with Crippen LogP contribution in [0.25, 0.3) is 0 Å². The van der Waals surface area contributed by atoms with Gasteiger partial charge in [-0.2, -0.15) is 0 Å². The minimum atomic E-state index is -0.00955. The summed E-state index contributed by atoms with van der Waals surface area (Å²) < 4.78 is 7.10. The summed E-state index contributed by atoms with van der Waals surface area (Å²) in [6.45, 7) is 5.64. The zero-order valence-corrected chi connectivity index (χ0v) is 12.8. The van der Waals surface area contributed by atoms with Crippen molar-refractivity contribution in [2.75, 3.05) is 13.7 Å². The number of methoxy groups -OCH3 is 1. The van der Waals surface area contributed by atoms with Crippen LogP contribution in [0.3, 0.4) is 0 Å². The fourth-order valence-electron chi connectivity index (χ4n) is 2.39. The predicted octanol–water partition coefficient (Wildman–Crippen LogP) is 2.58. The van der Waals surface area contributed by atoms with Crippen molar-refractivity contribution in [3.8, 4) is 5.75 Å². The summed E-state index contributed by atoms with van der Waals surface area (Å²) in [6.07, 6.45) is 1.79. The van der Waals surface area contributed by atoms with Gasteiger partial charge in [-0.3, -0.25) is 4.79 Å². The molecule has 0 saturated heterocycles. The SMILES string of the molecule is CCNC(C)c1ccc(OC)c(Cn2ccccc2=O)c1. The van der Waals surface area contributed by atoms with E-state index >= 15 is 0 Å². The van der Waals surface area contributed by atoms with Crippen molar-refractivity contribution >= 4 is 0 Å². The topological polar surface area (TPSA) is 43.3 Å². The van der Waals surface area contributed by atoms with Crippen molar-refractivity contribution in [2.24, 2.45) is 0 Å². The molecule has 0 amide bonds. The van der Waals surface area contributed by atoms with Crippen LogP contribution < -0.4 is 15.6 Å². The highest BCUT2D eigenvalue weighted by Gasteiger charge is 2.10. The molecule has 1 aromatic carbocycles. The largest absolute Gasteiger partial charge is 0.496 e. The van der Waals surface area contributed by atoms with Gasteiger partial charge in [0, 0.05) is 23.9 Å². The average Bonchev–Trinajstić information content (AvgIpc) is 2.50. The molecule has 0 radical (unpaired) electrons. The van der Waals surface area contributed by atoms with Gasteiger partial charge in [0.2, 0.25) is 0 Å². The Hall–Kier alpha value is -2.07. The Bertz CT molecular complexity index is 649. The molecule has 112 valence electrons. The standard InChI is InChI=1S/C17H22N2O2/c1-4-18-13(2)14-8-9-16(21-3)15(11-14)12-19-10-6-5-7-17(19)20/h5-11,13,18H,4,12H2,1-3H3. The first-order valence-corrected chi connectivity index (χ1v) is 7.21. The highest BCUT2D eigenvalue weighted by atomic mass is 16.5. The summed E-state index contributed by atoms with van der Waals surface area (Å²) in [5, 5.41) is 3.39. The van der Waals surface area contributed by atoms with Crippen molar-refractivity contribution in [1.82, 2.24) is 9.88 Å². The molecule has 2 aromatic rings. The molecule has 0 aliphatic carbocycles. The normalized spacial score (nSPS) is 12.1. The Labute approximate surface area is 125 Å². The molecule has 0 bridgehead atoms. The zero-order chi connectivity index (χ0) is 15.2. The lowest BCUT2D eigenvalue weighted by Gasteiger charge is -2.16. The number of nitrogens with zero attached hydrogens (tertiary/aromatic N) is 1. The summed E-state index contributed by atoms with van der Waals surface area (Å²) in [6, 6.07) is 11.6. The van der Waals surface area contributed by atoms with Gasteiger partial charge in [-0.1, -0.05) is 19.1 Å². The van der Waals surface area contributed by atoms with E-state index in [0.29, 0.717) is 6.54 Å². The number of rotatable bonds is 6. The monoisotopic (exact) mass is 286 g/mol. The minimum absolute atomic E-state index is 0.00955. The molecule has 4 heteroatoms. The number of pyridine rings is 1. The maximum absolute atomic E-state index is 11.9. The van der Waals surface area contributed by atoms with E-state index in [0.717, 1.165) is 17.9 Å². The first-order chi connectivity index (χ1) is 10.2. The maximum atomic E-state index is 11.9. The molecule has 21 heavy (non-hydrogen) atoms. The molecule has 1 aromatic heterocycles. The quantitative estimate of drug-likeness (QED) is 0.887. The smallest absolute Gasteiger partial charge is 0.250 e. The Morgan fingerprint density at radius 2 is 2.10 bits per heavy atom. The van der Waals surface area contributed by atoms with Gasteiger partial charge < -0.3 is 14.6 Å². The molecule has 0 aliphatic rings. The van der Waals surface area contributed by atoms with Crippen LogP contribution in [-0.4, -0.2) is 18.2 Å². The summed E-state index contributed by atoms with van der Waals surface area (Å²) >= 11 is 0. The van der Waals surface area contributed by atoms with E-state index in [9.17, 15) is 4.79 Å². The molecule has 0 aliphatic heterocycles. The van der Waals surface area contributed by atoms with Gasteiger partial charge in [-0.15, -0.1) is 0 Å². The molecule has 1 atom stereocenters. The van der Waals surface area contributed by atoms with Crippen molar-refractivity contribution in [1.29, 1.82) is 0 Å². The molecule has 0 saturated carbocycles. The number of benzene rings is 1. The summed E-state index contributed by atoms with van der Waals surface area (Å²) in [7, 11) is 1.65. The number of ether oxygens (including phenoxy) is 1. The molecule has 1 unspecified atom stereocenters. The number of hydrogen-bond donors (Lipinski definition) is 1. The van der Waals surface area contributed by atoms with Crippen LogP contribution >= 0.6 is 0 Å². The van der Waals surface area contributed by atoms with Gasteiger partial charge in [0.15, 0.2) is 0 Å². The van der Waals surface area contributed by atoms with Crippen LogP contribution in [0.4, 0.5) is 0 Å². The Kier molecular flexibility index (Phi) is 5.17. The third kappa shape index (κ3) is 3.73. The van der Waals surface area contributed by atoms with Crippen LogP contribution in [-0.2, 0) is 6.54 Å². The second-order valence-electron chi connectivity index (χ2n) is 5.02. The Balaban J connectivity index is 2.34. The van der Waals surface area contributed by atoms with E-state index in [1.54, 1.807) is 30.0 Å². The Morgan fingerprint density at radius 1 is 1.29 bits per heavy atom. The van der Waals surface area contributed by atoms with E-state index in [4.69, 9.17) is 4.74 Å². The lowest BCUT2D eigenvalue weighted by atomic mass is 10.0. The van der Waals surface area contributed by atoms with E-state index in [1.165, 1.54) is 5.56 Å². The van der Waals surface area contributed by atoms with Crippen LogP contribution in [0.1, 0.15) is 31.0 Å². The molecular formula is C17H22N2O2. The predicted molar refractivity (Wildman–Crippen MR) is 84.9 cm³/mol. The second-order valence-corrected chi connectivity index (χ2v) is 5.02. The fourth-order valence-corrected chi connectivity index (χ4v) is 2.39. The molecule has 4 nitrogen and oxygen atoms in total. The second kappa shape index (κ2) is 7.09. The van der Waals surface area contributed by atoms with Crippen molar-refractivity contribution < 1.29 is 4.74 Å². The van der Waals surface area contributed by atoms with E-state index < -0.39 is 0 Å². The third-order valence-electron chi connectivity index (χ3n) is 3.55. The van der Waals surface area contributed by atoms with Gasteiger partial charge in [0.05, 0.1) is 13.7 Å². The maximum Gasteiger partial charge on any atom is 0.250 e. The summed E-state index contributed by atoms with van der Waals surface area (Å²) in [4.78, 5) is 11.9. The van der Waals surface area contributed by atoms with Crippen molar-refractivity contribution in [3.63, 3.8) is 0 Å². The molecule has 0 spiro atoms. The fraction of sp³-hybridized carbons (Fsp3) is 0.353. The van der Waals surface area contributed by atoms with E-state index in [1.807, 2.05) is 12.1 Å². The van der Waals surface area contributed by atoms with Gasteiger partial charge in [-0.05, 0) is 37.2 Å². The molecular weight excluding hydrogens is 264 g/mol. The van der Waals surface area contributed by atoms with E-state index in [-0.39, 0.29) is 11.6 Å². The van der Waals surface area contributed by atoms with Gasteiger partial charge in [0.1, 0.15) is 5.75 Å². The van der Waals surface area contributed by atoms with Crippen molar-refractivity contribution in [3.05, 3.63) is 64.1 Å². The number of nitrogens with one attached hydrogen (secondary N) is 1. The number of aromatic nitrogens is 1. The lowest BCUT2D eigenvalue weighted by molar-refractivity contribution is 0.407. The molecule has 2 rings (SSSR count). The number of hydrogen-bond acceptors (Lipinski definition) is 3. The molecule has 0 fully saturated rings. The van der Waals surface area contributed by atoms with Crippen LogP contribution in [0, 0.1) is 0 Å². The van der Waals surface area contributed by atoms with Crippen LogP contribution in [0.2, 0.25) is 0 Å². The summed E-state index contributed by atoms with van der Waals surface area (Å²) in [5.41, 5.74) is 2.19. The van der Waals surface area contributed by atoms with Gasteiger partial charge >= 0.3 is 0 Å². The van der Waals surface area contributed by atoms with Crippen LogP contribution in [0.15, 0.2) is 47.4 Å². The van der Waals surface area contributed by atoms with Gasteiger partial charge in [0.25, 0.3) is 5.56 Å². The first kappa shape index (κ1) is 15.3. The minimum Gasteiger partial charge on any atom is -0.496 e. The highest BCUT2D eigenvalue weighted by Crippen LogP contribution is 2.24. The molecule has 1 N–H and O–H groups in total. The highest BCUT2D eigenvalue weighted by molar-refractivity contribution is 5.38. The molecule has 1 heterocycles. The van der Waals surface area contributed by atoms with Crippen molar-refractivity contribution in [2.45, 2.75) is 26.4 Å². The third-order valence-corrected chi connectivity index (χ3v) is 3.55.